The highest BCUT2D eigenvalue weighted by molar-refractivity contribution is 7.99. The third-order valence-corrected chi connectivity index (χ3v) is 3.20. The molecular weight excluding hydrogens is 218 g/mol. The van der Waals surface area contributed by atoms with Gasteiger partial charge < -0.3 is 5.32 Å². The van der Waals surface area contributed by atoms with Crippen LogP contribution in [0.4, 0.5) is 0 Å². The third kappa shape index (κ3) is 5.21. The van der Waals surface area contributed by atoms with Gasteiger partial charge in [0, 0.05) is 12.3 Å². The Hall–Kier alpha value is -0.960. The Morgan fingerprint density at radius 3 is 2.62 bits per heavy atom. The Balaban J connectivity index is 2.20. The molecule has 1 N–H and O–H groups in total. The normalized spacial score (nSPS) is 10.1. The molecule has 1 amide bonds. The van der Waals surface area contributed by atoms with Gasteiger partial charge in [0.2, 0.25) is 5.91 Å². The van der Waals surface area contributed by atoms with E-state index in [1.807, 2.05) is 0 Å². The van der Waals surface area contributed by atoms with Crippen molar-refractivity contribution >= 4 is 17.7 Å². The van der Waals surface area contributed by atoms with Crippen molar-refractivity contribution in [3.05, 3.63) is 35.4 Å². The number of benzene rings is 1. The molecule has 2 nitrogen and oxygen atoms in total. The van der Waals surface area contributed by atoms with E-state index >= 15 is 0 Å². The van der Waals surface area contributed by atoms with Crippen molar-refractivity contribution in [3.8, 4) is 0 Å². The maximum Gasteiger partial charge on any atom is 0.230 e. The Morgan fingerprint density at radius 1 is 1.31 bits per heavy atom. The van der Waals surface area contributed by atoms with Crippen LogP contribution in [0.3, 0.4) is 0 Å². The Bertz CT molecular complexity index is 321. The minimum absolute atomic E-state index is 0.138. The molecule has 0 unspecified atom stereocenters. The first kappa shape index (κ1) is 13.1. The lowest BCUT2D eigenvalue weighted by molar-refractivity contribution is -0.118. The standard InChI is InChI=1S/C13H19NOS/c1-3-8-14-13(15)10-16-9-12-6-4-11(2)5-7-12/h4-7H,3,8-10H2,1-2H3,(H,14,15). The van der Waals surface area contributed by atoms with Gasteiger partial charge in [-0.25, -0.2) is 0 Å². The maximum absolute atomic E-state index is 11.3. The topological polar surface area (TPSA) is 29.1 Å². The number of thioether (sulfide) groups is 1. The van der Waals surface area contributed by atoms with Crippen LogP contribution in [0.25, 0.3) is 0 Å². The molecule has 88 valence electrons. The zero-order valence-corrected chi connectivity index (χ0v) is 10.8. The van der Waals surface area contributed by atoms with Gasteiger partial charge in [0.25, 0.3) is 0 Å². The number of amides is 1. The number of nitrogens with one attached hydrogen (secondary N) is 1. The molecule has 1 rings (SSSR count). The summed E-state index contributed by atoms with van der Waals surface area (Å²) in [7, 11) is 0. The van der Waals surface area contributed by atoms with E-state index in [1.54, 1.807) is 11.8 Å². The Morgan fingerprint density at radius 2 is 2.00 bits per heavy atom. The lowest BCUT2D eigenvalue weighted by Crippen LogP contribution is -2.25. The molecule has 0 saturated heterocycles. The van der Waals surface area contributed by atoms with Gasteiger partial charge in [0.05, 0.1) is 5.75 Å². The summed E-state index contributed by atoms with van der Waals surface area (Å²) < 4.78 is 0. The van der Waals surface area contributed by atoms with E-state index in [0.29, 0.717) is 5.75 Å². The van der Waals surface area contributed by atoms with Gasteiger partial charge in [-0.2, -0.15) is 0 Å². The number of hydrogen-bond donors (Lipinski definition) is 1. The molecule has 0 aromatic heterocycles. The smallest absolute Gasteiger partial charge is 0.230 e. The summed E-state index contributed by atoms with van der Waals surface area (Å²) in [6, 6.07) is 8.44. The Kier molecular flexibility index (Phi) is 6.01. The molecular formula is C13H19NOS. The van der Waals surface area contributed by atoms with Crippen LogP contribution >= 0.6 is 11.8 Å². The van der Waals surface area contributed by atoms with Crippen molar-refractivity contribution < 1.29 is 4.79 Å². The summed E-state index contributed by atoms with van der Waals surface area (Å²) in [6.45, 7) is 4.92. The first-order chi connectivity index (χ1) is 7.72. The molecule has 0 heterocycles. The summed E-state index contributed by atoms with van der Waals surface area (Å²) in [6.07, 6.45) is 0.994. The second-order valence-electron chi connectivity index (χ2n) is 3.83. The van der Waals surface area contributed by atoms with Gasteiger partial charge in [-0.1, -0.05) is 36.8 Å². The second kappa shape index (κ2) is 7.34. The summed E-state index contributed by atoms with van der Waals surface area (Å²) in [5.41, 5.74) is 2.55. The van der Waals surface area contributed by atoms with Crippen molar-refractivity contribution in [2.24, 2.45) is 0 Å². The van der Waals surface area contributed by atoms with Crippen molar-refractivity contribution in [3.63, 3.8) is 0 Å². The molecule has 0 aliphatic carbocycles. The predicted molar refractivity (Wildman–Crippen MR) is 70.6 cm³/mol. The second-order valence-corrected chi connectivity index (χ2v) is 4.81. The molecule has 1 aromatic rings. The van der Waals surface area contributed by atoms with E-state index in [2.05, 4.69) is 43.4 Å². The molecule has 0 atom stereocenters. The van der Waals surface area contributed by atoms with Gasteiger partial charge in [-0.05, 0) is 18.9 Å². The van der Waals surface area contributed by atoms with Gasteiger partial charge in [0.1, 0.15) is 0 Å². The van der Waals surface area contributed by atoms with E-state index in [9.17, 15) is 4.79 Å². The van der Waals surface area contributed by atoms with Crippen LogP contribution in [-0.4, -0.2) is 18.2 Å². The van der Waals surface area contributed by atoms with Crippen LogP contribution in [0.2, 0.25) is 0 Å². The highest BCUT2D eigenvalue weighted by Crippen LogP contribution is 2.12. The molecule has 16 heavy (non-hydrogen) atoms. The molecule has 3 heteroatoms. The van der Waals surface area contributed by atoms with Crippen molar-refractivity contribution in [1.82, 2.24) is 5.32 Å². The SMILES string of the molecule is CCCNC(=O)CSCc1ccc(C)cc1. The van der Waals surface area contributed by atoms with Crippen LogP contribution < -0.4 is 5.32 Å². The average Bonchev–Trinajstić information content (AvgIpc) is 2.29. The van der Waals surface area contributed by atoms with E-state index < -0.39 is 0 Å². The fraction of sp³-hybridized carbons (Fsp3) is 0.462. The summed E-state index contributed by atoms with van der Waals surface area (Å²) in [4.78, 5) is 11.3. The minimum atomic E-state index is 0.138. The fourth-order valence-electron chi connectivity index (χ4n) is 1.26. The maximum atomic E-state index is 11.3. The van der Waals surface area contributed by atoms with E-state index in [4.69, 9.17) is 0 Å². The van der Waals surface area contributed by atoms with Crippen molar-refractivity contribution in [2.45, 2.75) is 26.0 Å². The van der Waals surface area contributed by atoms with Gasteiger partial charge >= 0.3 is 0 Å². The number of carbonyl (C=O) groups is 1. The fourth-order valence-corrected chi connectivity index (χ4v) is 2.08. The molecule has 0 saturated carbocycles. The van der Waals surface area contributed by atoms with Crippen LogP contribution in [0.1, 0.15) is 24.5 Å². The first-order valence-electron chi connectivity index (χ1n) is 5.62. The lowest BCUT2D eigenvalue weighted by atomic mass is 10.2. The molecule has 0 bridgehead atoms. The molecule has 0 aliphatic rings. The van der Waals surface area contributed by atoms with Crippen LogP contribution in [0.15, 0.2) is 24.3 Å². The van der Waals surface area contributed by atoms with Gasteiger partial charge in [0.15, 0.2) is 0 Å². The average molecular weight is 237 g/mol. The van der Waals surface area contributed by atoms with Crippen molar-refractivity contribution in [1.29, 1.82) is 0 Å². The highest BCUT2D eigenvalue weighted by atomic mass is 32.2. The van der Waals surface area contributed by atoms with Crippen LogP contribution in [0, 0.1) is 6.92 Å². The molecule has 0 spiro atoms. The van der Waals surface area contributed by atoms with Gasteiger partial charge in [-0.3, -0.25) is 4.79 Å². The molecule has 0 fully saturated rings. The molecule has 1 aromatic carbocycles. The zero-order chi connectivity index (χ0) is 11.8. The monoisotopic (exact) mass is 237 g/mol. The lowest BCUT2D eigenvalue weighted by Gasteiger charge is -2.04. The largest absolute Gasteiger partial charge is 0.355 e. The van der Waals surface area contributed by atoms with Crippen molar-refractivity contribution in [2.75, 3.05) is 12.3 Å². The summed E-state index contributed by atoms with van der Waals surface area (Å²) in [5, 5.41) is 2.87. The number of rotatable bonds is 6. The zero-order valence-electron chi connectivity index (χ0n) is 9.95. The van der Waals surface area contributed by atoms with Gasteiger partial charge in [-0.15, -0.1) is 11.8 Å². The van der Waals surface area contributed by atoms with E-state index in [-0.39, 0.29) is 5.91 Å². The highest BCUT2D eigenvalue weighted by Gasteiger charge is 2.00. The predicted octanol–water partition coefficient (Wildman–Crippen LogP) is 2.75. The minimum Gasteiger partial charge on any atom is -0.355 e. The number of hydrogen-bond acceptors (Lipinski definition) is 2. The van der Waals surface area contributed by atoms with E-state index in [0.717, 1.165) is 18.7 Å². The number of aryl methyl sites for hydroxylation is 1. The van der Waals surface area contributed by atoms with Crippen LogP contribution in [0.5, 0.6) is 0 Å². The molecule has 0 aliphatic heterocycles. The first-order valence-corrected chi connectivity index (χ1v) is 6.78. The number of carbonyl (C=O) groups excluding carboxylic acids is 1. The van der Waals surface area contributed by atoms with E-state index in [1.165, 1.54) is 11.1 Å². The molecule has 0 radical (unpaired) electrons. The third-order valence-electron chi connectivity index (χ3n) is 2.19. The quantitative estimate of drug-likeness (QED) is 0.824. The summed E-state index contributed by atoms with van der Waals surface area (Å²) in [5.74, 6) is 1.59. The van der Waals surface area contributed by atoms with Crippen LogP contribution in [-0.2, 0) is 10.5 Å². The Labute approximate surface area is 102 Å². The summed E-state index contributed by atoms with van der Waals surface area (Å²) >= 11 is 1.66.